The van der Waals surface area contributed by atoms with E-state index in [1.807, 2.05) is 0 Å². The fraction of sp³-hybridized carbons (Fsp3) is 0.462. The molecule has 0 bridgehead atoms. The van der Waals surface area contributed by atoms with Gasteiger partial charge in [0.1, 0.15) is 11.8 Å². The molecule has 23 heavy (non-hydrogen) atoms. The standard InChI is InChI=1S/C13H14F3NO5S/c14-13(15,16)8-22-9-3-5-10(6-4-9)23(20,21)17-7-1-2-11(17)12(18)19/h3-6,11H,1-2,7-8H2,(H,18,19). The Balaban J connectivity index is 2.16. The van der Waals surface area contributed by atoms with E-state index >= 15 is 0 Å². The fourth-order valence-corrected chi connectivity index (χ4v) is 3.93. The Labute approximate surface area is 130 Å². The molecule has 0 aromatic heterocycles. The SMILES string of the molecule is O=C(O)C1CCCN1S(=O)(=O)c1ccc(OCC(F)(F)F)cc1. The van der Waals surface area contributed by atoms with Crippen LogP contribution >= 0.6 is 0 Å². The van der Waals surface area contributed by atoms with Gasteiger partial charge in [-0.2, -0.15) is 17.5 Å². The number of halogens is 3. The molecule has 1 aromatic rings. The summed E-state index contributed by atoms with van der Waals surface area (Å²) in [7, 11) is -4.02. The number of carboxylic acids is 1. The van der Waals surface area contributed by atoms with Crippen molar-refractivity contribution >= 4 is 16.0 Å². The smallest absolute Gasteiger partial charge is 0.422 e. The highest BCUT2D eigenvalue weighted by Crippen LogP contribution is 2.27. The summed E-state index contributed by atoms with van der Waals surface area (Å²) in [6.45, 7) is -1.39. The molecule has 6 nitrogen and oxygen atoms in total. The minimum Gasteiger partial charge on any atom is -0.484 e. The molecule has 10 heteroatoms. The highest BCUT2D eigenvalue weighted by molar-refractivity contribution is 7.89. The molecule has 1 aliphatic rings. The van der Waals surface area contributed by atoms with Crippen LogP contribution in [0.5, 0.6) is 5.75 Å². The van der Waals surface area contributed by atoms with Crippen LogP contribution in [0.4, 0.5) is 13.2 Å². The predicted molar refractivity (Wildman–Crippen MR) is 72.5 cm³/mol. The summed E-state index contributed by atoms with van der Waals surface area (Å²) in [5.41, 5.74) is 0. The zero-order valence-corrected chi connectivity index (χ0v) is 12.6. The summed E-state index contributed by atoms with van der Waals surface area (Å²) < 4.78 is 66.4. The minimum atomic E-state index is -4.49. The molecule has 1 atom stereocenters. The summed E-state index contributed by atoms with van der Waals surface area (Å²) in [5.74, 6) is -1.35. The average molecular weight is 353 g/mol. The Hall–Kier alpha value is -1.81. The first-order valence-electron chi connectivity index (χ1n) is 6.65. The number of rotatable bonds is 5. The molecule has 1 unspecified atom stereocenters. The van der Waals surface area contributed by atoms with Crippen LogP contribution in [0.15, 0.2) is 29.2 Å². The quantitative estimate of drug-likeness (QED) is 0.874. The maximum Gasteiger partial charge on any atom is 0.422 e. The number of carboxylic acid groups (broad SMARTS) is 1. The lowest BCUT2D eigenvalue weighted by Crippen LogP contribution is -2.40. The van der Waals surface area contributed by atoms with Gasteiger partial charge < -0.3 is 9.84 Å². The van der Waals surface area contributed by atoms with Crippen LogP contribution in [0.25, 0.3) is 0 Å². The first-order chi connectivity index (χ1) is 10.6. The minimum absolute atomic E-state index is 0.0889. The van der Waals surface area contributed by atoms with Gasteiger partial charge in [-0.15, -0.1) is 0 Å². The van der Waals surface area contributed by atoms with Crippen LogP contribution in [0, 0.1) is 0 Å². The van der Waals surface area contributed by atoms with Gasteiger partial charge in [-0.25, -0.2) is 8.42 Å². The Kier molecular flexibility index (Phi) is 4.85. The number of aliphatic carboxylic acids is 1. The van der Waals surface area contributed by atoms with Crippen molar-refractivity contribution in [2.24, 2.45) is 0 Å². The van der Waals surface area contributed by atoms with E-state index in [-0.39, 0.29) is 23.6 Å². The first kappa shape index (κ1) is 17.5. The van der Waals surface area contributed by atoms with Crippen LogP contribution in [0.2, 0.25) is 0 Å². The number of hydrogen-bond acceptors (Lipinski definition) is 4. The van der Waals surface area contributed by atoms with Gasteiger partial charge >= 0.3 is 12.1 Å². The Bertz CT molecular complexity index is 672. The van der Waals surface area contributed by atoms with Crippen molar-refractivity contribution in [3.63, 3.8) is 0 Å². The van der Waals surface area contributed by atoms with E-state index in [9.17, 15) is 26.4 Å². The lowest BCUT2D eigenvalue weighted by atomic mass is 10.2. The van der Waals surface area contributed by atoms with Crippen LogP contribution < -0.4 is 4.74 Å². The predicted octanol–water partition coefficient (Wildman–Crippen LogP) is 1.87. The van der Waals surface area contributed by atoms with Gasteiger partial charge in [0.05, 0.1) is 4.90 Å². The van der Waals surface area contributed by atoms with Crippen LogP contribution in [0.1, 0.15) is 12.8 Å². The van der Waals surface area contributed by atoms with E-state index < -0.39 is 34.8 Å². The average Bonchev–Trinajstić information content (AvgIpc) is 2.95. The molecular weight excluding hydrogens is 339 g/mol. The third kappa shape index (κ3) is 4.14. The third-order valence-corrected chi connectivity index (χ3v) is 5.24. The summed E-state index contributed by atoms with van der Waals surface area (Å²) in [4.78, 5) is 10.9. The maximum atomic E-state index is 12.4. The van der Waals surface area contributed by atoms with Crippen LogP contribution in [0.3, 0.4) is 0 Å². The number of hydrogen-bond donors (Lipinski definition) is 1. The summed E-state index contributed by atoms with van der Waals surface area (Å²) >= 11 is 0. The molecule has 1 aliphatic heterocycles. The van der Waals surface area contributed by atoms with Gasteiger partial charge in [-0.3, -0.25) is 4.79 Å². The van der Waals surface area contributed by atoms with Crippen molar-refractivity contribution in [1.29, 1.82) is 0 Å². The molecule has 128 valence electrons. The van der Waals surface area contributed by atoms with Gasteiger partial charge in [-0.1, -0.05) is 0 Å². The molecule has 0 radical (unpaired) electrons. The van der Waals surface area contributed by atoms with Gasteiger partial charge in [0.25, 0.3) is 0 Å². The van der Waals surface area contributed by atoms with Crippen LogP contribution in [-0.4, -0.2) is 49.2 Å². The number of ether oxygens (including phenoxy) is 1. The van der Waals surface area contributed by atoms with E-state index in [1.54, 1.807) is 0 Å². The van der Waals surface area contributed by atoms with Gasteiger partial charge in [0.15, 0.2) is 6.61 Å². The monoisotopic (exact) mass is 353 g/mol. The third-order valence-electron chi connectivity index (χ3n) is 3.32. The topological polar surface area (TPSA) is 83.9 Å². The zero-order valence-electron chi connectivity index (χ0n) is 11.8. The molecule has 1 fully saturated rings. The molecule has 2 rings (SSSR count). The number of alkyl halides is 3. The van der Waals surface area contributed by atoms with E-state index in [0.717, 1.165) is 28.6 Å². The molecule has 1 N–H and O–H groups in total. The van der Waals surface area contributed by atoms with Crippen molar-refractivity contribution in [3.8, 4) is 5.75 Å². The Morgan fingerprint density at radius 2 is 1.91 bits per heavy atom. The van der Waals surface area contributed by atoms with Gasteiger partial charge in [-0.05, 0) is 37.1 Å². The van der Waals surface area contributed by atoms with Crippen molar-refractivity contribution in [3.05, 3.63) is 24.3 Å². The van der Waals surface area contributed by atoms with E-state index in [2.05, 4.69) is 4.74 Å². The molecule has 0 amide bonds. The maximum absolute atomic E-state index is 12.4. The molecule has 1 aromatic carbocycles. The number of nitrogens with zero attached hydrogens (tertiary/aromatic N) is 1. The molecule has 1 heterocycles. The number of carbonyl (C=O) groups is 1. The molecule has 0 aliphatic carbocycles. The van der Waals surface area contributed by atoms with Crippen LogP contribution in [-0.2, 0) is 14.8 Å². The lowest BCUT2D eigenvalue weighted by molar-refractivity contribution is -0.153. The number of benzene rings is 1. The van der Waals surface area contributed by atoms with Crippen molar-refractivity contribution in [2.75, 3.05) is 13.2 Å². The molecule has 0 saturated carbocycles. The second kappa shape index (κ2) is 6.36. The highest BCUT2D eigenvalue weighted by atomic mass is 32.2. The first-order valence-corrected chi connectivity index (χ1v) is 8.09. The summed E-state index contributed by atoms with van der Waals surface area (Å²) in [6, 6.07) is 3.27. The fourth-order valence-electron chi connectivity index (χ4n) is 2.28. The summed E-state index contributed by atoms with van der Waals surface area (Å²) in [6.07, 6.45) is -3.83. The van der Waals surface area contributed by atoms with Gasteiger partial charge in [0.2, 0.25) is 10.0 Å². The van der Waals surface area contributed by atoms with Crippen molar-refractivity contribution in [1.82, 2.24) is 4.31 Å². The zero-order chi connectivity index (χ0) is 17.3. The molecule has 0 spiro atoms. The summed E-state index contributed by atoms with van der Waals surface area (Å²) in [5, 5.41) is 9.05. The van der Waals surface area contributed by atoms with Crippen molar-refractivity contribution in [2.45, 2.75) is 30.0 Å². The lowest BCUT2D eigenvalue weighted by Gasteiger charge is -2.21. The highest BCUT2D eigenvalue weighted by Gasteiger charge is 2.39. The van der Waals surface area contributed by atoms with E-state index in [0.29, 0.717) is 6.42 Å². The Morgan fingerprint density at radius 1 is 1.30 bits per heavy atom. The van der Waals surface area contributed by atoms with Gasteiger partial charge in [0, 0.05) is 6.54 Å². The van der Waals surface area contributed by atoms with E-state index in [1.165, 1.54) is 0 Å². The van der Waals surface area contributed by atoms with Crippen molar-refractivity contribution < 1.29 is 36.2 Å². The Morgan fingerprint density at radius 3 is 2.43 bits per heavy atom. The second-order valence-electron chi connectivity index (χ2n) is 4.99. The second-order valence-corrected chi connectivity index (χ2v) is 6.88. The largest absolute Gasteiger partial charge is 0.484 e. The number of sulfonamides is 1. The molecular formula is C13H14F3NO5S. The normalized spacial score (nSPS) is 19.7. The molecule has 1 saturated heterocycles. The van der Waals surface area contributed by atoms with E-state index in [4.69, 9.17) is 5.11 Å².